The number of hydrogen-bond acceptors (Lipinski definition) is 6. The highest BCUT2D eigenvalue weighted by molar-refractivity contribution is 6.05. The number of benzene rings is 1. The van der Waals surface area contributed by atoms with Gasteiger partial charge >= 0.3 is 0 Å². The Morgan fingerprint density at radius 3 is 2.74 bits per heavy atom. The summed E-state index contributed by atoms with van der Waals surface area (Å²) in [5.41, 5.74) is 8.27. The largest absolute Gasteiger partial charge is 0.391 e. The lowest BCUT2D eigenvalue weighted by Crippen LogP contribution is -2.52. The maximum Gasteiger partial charge on any atom is 0.255 e. The summed E-state index contributed by atoms with van der Waals surface area (Å²) in [7, 11) is 0. The van der Waals surface area contributed by atoms with Crippen LogP contribution in [-0.2, 0) is 22.7 Å². The number of fused-ring (bicyclic) bond motifs is 1. The van der Waals surface area contributed by atoms with Gasteiger partial charge in [0.15, 0.2) is 0 Å². The van der Waals surface area contributed by atoms with E-state index in [0.717, 1.165) is 17.7 Å². The van der Waals surface area contributed by atoms with E-state index in [4.69, 9.17) is 5.73 Å². The molecule has 3 heterocycles. The van der Waals surface area contributed by atoms with Crippen LogP contribution < -0.4 is 11.1 Å². The van der Waals surface area contributed by atoms with Crippen molar-refractivity contribution in [1.29, 1.82) is 0 Å². The third-order valence-electron chi connectivity index (χ3n) is 5.78. The normalized spacial score (nSPS) is 28.6. The number of imide groups is 1. The highest BCUT2D eigenvalue weighted by Crippen LogP contribution is 2.29. The number of amides is 3. The SMILES string of the molecule is NC[C@@H]1CN(Cc2ccc3c(c2)CN(C2CCC(=O)NC2=O)C3=O)C[C@H]1O. The molecule has 2 saturated heterocycles. The molecule has 0 saturated carbocycles. The van der Waals surface area contributed by atoms with Gasteiger partial charge in [0.05, 0.1) is 6.10 Å². The van der Waals surface area contributed by atoms with E-state index in [2.05, 4.69) is 10.2 Å². The van der Waals surface area contributed by atoms with Crippen LogP contribution in [0, 0.1) is 5.92 Å². The molecule has 1 aromatic rings. The molecule has 8 heteroatoms. The third kappa shape index (κ3) is 3.36. The lowest BCUT2D eigenvalue weighted by atomic mass is 10.0. The first kappa shape index (κ1) is 18.1. The Bertz CT molecular complexity index is 796. The first-order valence-electron chi connectivity index (χ1n) is 9.33. The van der Waals surface area contributed by atoms with Gasteiger partial charge in [-0.3, -0.25) is 24.6 Å². The quantitative estimate of drug-likeness (QED) is 0.596. The van der Waals surface area contributed by atoms with Crippen LogP contribution in [0.2, 0.25) is 0 Å². The number of carbonyl (C=O) groups excluding carboxylic acids is 3. The Kier molecular flexibility index (Phi) is 4.71. The molecule has 3 aliphatic rings. The van der Waals surface area contributed by atoms with Gasteiger partial charge in [-0.1, -0.05) is 12.1 Å². The average Bonchev–Trinajstić information content (AvgIpc) is 3.14. The van der Waals surface area contributed by atoms with Gasteiger partial charge in [0.2, 0.25) is 11.8 Å². The first-order chi connectivity index (χ1) is 13.0. The van der Waals surface area contributed by atoms with Gasteiger partial charge in [-0.25, -0.2) is 0 Å². The number of rotatable bonds is 4. The lowest BCUT2D eigenvalue weighted by molar-refractivity contribution is -0.136. The van der Waals surface area contributed by atoms with E-state index in [0.29, 0.717) is 38.2 Å². The zero-order valence-electron chi connectivity index (χ0n) is 15.1. The van der Waals surface area contributed by atoms with Gasteiger partial charge < -0.3 is 15.7 Å². The first-order valence-corrected chi connectivity index (χ1v) is 9.33. The van der Waals surface area contributed by atoms with Crippen molar-refractivity contribution in [3.63, 3.8) is 0 Å². The molecule has 27 heavy (non-hydrogen) atoms. The van der Waals surface area contributed by atoms with E-state index in [1.54, 1.807) is 4.90 Å². The predicted molar refractivity (Wildman–Crippen MR) is 96.3 cm³/mol. The van der Waals surface area contributed by atoms with Gasteiger partial charge in [0, 0.05) is 44.1 Å². The van der Waals surface area contributed by atoms with Gasteiger partial charge in [0.1, 0.15) is 6.04 Å². The second-order valence-corrected chi connectivity index (χ2v) is 7.65. The Balaban J connectivity index is 1.46. The number of piperidine rings is 1. The van der Waals surface area contributed by atoms with E-state index in [9.17, 15) is 19.5 Å². The van der Waals surface area contributed by atoms with Crippen LogP contribution in [0.15, 0.2) is 18.2 Å². The number of hydrogen-bond donors (Lipinski definition) is 3. The van der Waals surface area contributed by atoms with Crippen LogP contribution in [0.5, 0.6) is 0 Å². The minimum absolute atomic E-state index is 0.101. The molecule has 4 rings (SSSR count). The molecular formula is C19H24N4O4. The summed E-state index contributed by atoms with van der Waals surface area (Å²) in [5, 5.41) is 12.3. The molecule has 8 nitrogen and oxygen atoms in total. The van der Waals surface area contributed by atoms with Crippen molar-refractivity contribution < 1.29 is 19.5 Å². The fourth-order valence-electron chi connectivity index (χ4n) is 4.29. The van der Waals surface area contributed by atoms with Crippen molar-refractivity contribution in [3.05, 3.63) is 34.9 Å². The molecule has 0 bridgehead atoms. The molecule has 0 spiro atoms. The maximum atomic E-state index is 12.7. The van der Waals surface area contributed by atoms with E-state index >= 15 is 0 Å². The second-order valence-electron chi connectivity index (χ2n) is 7.65. The highest BCUT2D eigenvalue weighted by atomic mass is 16.3. The summed E-state index contributed by atoms with van der Waals surface area (Å²) >= 11 is 0. The Morgan fingerprint density at radius 2 is 2.04 bits per heavy atom. The zero-order valence-corrected chi connectivity index (χ0v) is 15.1. The van der Waals surface area contributed by atoms with Crippen molar-refractivity contribution in [2.24, 2.45) is 11.7 Å². The molecule has 0 radical (unpaired) electrons. The number of β-amino-alcohol motifs (C(OH)–C–C–N with tert-alkyl or cyclic N) is 1. The molecule has 2 fully saturated rings. The van der Waals surface area contributed by atoms with Crippen LogP contribution in [0.25, 0.3) is 0 Å². The summed E-state index contributed by atoms with van der Waals surface area (Å²) in [4.78, 5) is 39.9. The van der Waals surface area contributed by atoms with E-state index in [-0.39, 0.29) is 24.2 Å². The molecule has 144 valence electrons. The highest BCUT2D eigenvalue weighted by Gasteiger charge is 2.39. The standard InChI is InChI=1S/C19H24N4O4/c20-6-13-8-22(10-16(13)24)7-11-1-2-14-12(5-11)9-23(19(14)27)15-3-4-17(25)21-18(15)26/h1-2,5,13,15-16,24H,3-4,6-10,20H2,(H,21,25,26)/t13-,15?,16-/m1/s1. The van der Waals surface area contributed by atoms with Crippen LogP contribution in [0.3, 0.4) is 0 Å². The number of carbonyl (C=O) groups is 3. The van der Waals surface area contributed by atoms with Crippen molar-refractivity contribution >= 4 is 17.7 Å². The maximum absolute atomic E-state index is 12.7. The van der Waals surface area contributed by atoms with Crippen LogP contribution >= 0.6 is 0 Å². The van der Waals surface area contributed by atoms with Crippen LogP contribution in [0.1, 0.15) is 34.3 Å². The van der Waals surface area contributed by atoms with Crippen LogP contribution in [-0.4, -0.2) is 64.4 Å². The zero-order chi connectivity index (χ0) is 19.1. The number of nitrogens with zero attached hydrogens (tertiary/aromatic N) is 2. The van der Waals surface area contributed by atoms with Gasteiger partial charge in [-0.2, -0.15) is 0 Å². The summed E-state index contributed by atoms with van der Waals surface area (Å²) in [6, 6.07) is 5.14. The van der Waals surface area contributed by atoms with E-state index in [1.807, 2.05) is 18.2 Å². The van der Waals surface area contributed by atoms with Gasteiger partial charge in [-0.05, 0) is 30.2 Å². The van der Waals surface area contributed by atoms with Crippen molar-refractivity contribution in [2.75, 3.05) is 19.6 Å². The summed E-state index contributed by atoms with van der Waals surface area (Å²) < 4.78 is 0. The minimum Gasteiger partial charge on any atom is -0.391 e. The molecule has 3 atom stereocenters. The minimum atomic E-state index is -0.593. The predicted octanol–water partition coefficient (Wildman–Crippen LogP) is -0.801. The van der Waals surface area contributed by atoms with Gasteiger partial charge in [-0.15, -0.1) is 0 Å². The fraction of sp³-hybridized carbons (Fsp3) is 0.526. The molecule has 3 aliphatic heterocycles. The monoisotopic (exact) mass is 372 g/mol. The third-order valence-corrected chi connectivity index (χ3v) is 5.78. The van der Waals surface area contributed by atoms with Crippen molar-refractivity contribution in [3.8, 4) is 0 Å². The van der Waals surface area contributed by atoms with Gasteiger partial charge in [0.25, 0.3) is 5.91 Å². The topological polar surface area (TPSA) is 116 Å². The summed E-state index contributed by atoms with van der Waals surface area (Å²) in [6.07, 6.45) is 0.221. The lowest BCUT2D eigenvalue weighted by Gasteiger charge is -2.29. The van der Waals surface area contributed by atoms with Crippen LogP contribution in [0.4, 0.5) is 0 Å². The van der Waals surface area contributed by atoms with Crippen molar-refractivity contribution in [2.45, 2.75) is 38.1 Å². The smallest absolute Gasteiger partial charge is 0.255 e. The molecule has 3 amide bonds. The number of nitrogens with one attached hydrogen (secondary N) is 1. The molecule has 4 N–H and O–H groups in total. The van der Waals surface area contributed by atoms with Crippen molar-refractivity contribution in [1.82, 2.24) is 15.1 Å². The van der Waals surface area contributed by atoms with E-state index < -0.39 is 18.1 Å². The molecular weight excluding hydrogens is 348 g/mol. The Morgan fingerprint density at radius 1 is 1.22 bits per heavy atom. The second kappa shape index (κ2) is 7.03. The Hall–Kier alpha value is -2.29. The number of aliphatic hydroxyl groups is 1. The van der Waals surface area contributed by atoms with E-state index in [1.165, 1.54) is 0 Å². The Labute approximate surface area is 157 Å². The average molecular weight is 372 g/mol. The fourth-order valence-corrected chi connectivity index (χ4v) is 4.29. The summed E-state index contributed by atoms with van der Waals surface area (Å²) in [6.45, 7) is 2.89. The molecule has 0 aliphatic carbocycles. The molecule has 0 aromatic heterocycles. The molecule has 1 unspecified atom stereocenters. The number of likely N-dealkylation sites (tertiary alicyclic amines) is 1. The number of nitrogens with two attached hydrogens (primary N) is 1. The summed E-state index contributed by atoms with van der Waals surface area (Å²) in [5.74, 6) is -0.743. The number of aliphatic hydroxyl groups excluding tert-OH is 1. The molecule has 1 aromatic carbocycles.